The summed E-state index contributed by atoms with van der Waals surface area (Å²) in [4.78, 5) is 28.5. The summed E-state index contributed by atoms with van der Waals surface area (Å²) in [6.45, 7) is 1.99. The van der Waals surface area contributed by atoms with E-state index < -0.39 is 0 Å². The van der Waals surface area contributed by atoms with Crippen molar-refractivity contribution in [3.63, 3.8) is 0 Å². The third kappa shape index (κ3) is 4.23. The van der Waals surface area contributed by atoms with Gasteiger partial charge in [0.25, 0.3) is 5.91 Å². The first-order valence-electron chi connectivity index (χ1n) is 10.3. The number of aryl methyl sites for hydroxylation is 1. The molecule has 33 heavy (non-hydrogen) atoms. The summed E-state index contributed by atoms with van der Waals surface area (Å²) in [5, 5.41) is 6.34. The molecule has 166 valence electrons. The number of hydrogen-bond donors (Lipinski definition) is 3. The summed E-state index contributed by atoms with van der Waals surface area (Å²) in [5.74, 6) is 0.213. The molecule has 0 bridgehead atoms. The maximum Gasteiger partial charge on any atom is 0.255 e. The van der Waals surface area contributed by atoms with Gasteiger partial charge in [0, 0.05) is 33.5 Å². The van der Waals surface area contributed by atoms with Crippen molar-refractivity contribution in [1.29, 1.82) is 0 Å². The number of aromatic amines is 1. The Hall–Kier alpha value is -4.33. The van der Waals surface area contributed by atoms with E-state index >= 15 is 0 Å². The van der Waals surface area contributed by atoms with Crippen molar-refractivity contribution in [2.75, 3.05) is 17.4 Å². The highest BCUT2D eigenvalue weighted by atomic mass is 19.1. The number of nitrogens with one attached hydrogen (secondary N) is 3. The number of carbonyl (C=O) groups excluding carboxylic acids is 2. The van der Waals surface area contributed by atoms with E-state index in [2.05, 4.69) is 15.6 Å². The van der Waals surface area contributed by atoms with Crippen LogP contribution in [0.2, 0.25) is 0 Å². The van der Waals surface area contributed by atoms with E-state index in [1.807, 2.05) is 6.92 Å². The lowest BCUT2D eigenvalue weighted by molar-refractivity contribution is -0.115. The third-order valence-corrected chi connectivity index (χ3v) is 5.46. The minimum atomic E-state index is -0.353. The van der Waals surface area contributed by atoms with E-state index in [1.54, 1.807) is 48.5 Å². The van der Waals surface area contributed by atoms with Gasteiger partial charge in [-0.05, 0) is 67.1 Å². The van der Waals surface area contributed by atoms with Gasteiger partial charge in [-0.2, -0.15) is 0 Å². The Morgan fingerprint density at radius 2 is 1.76 bits per heavy atom. The van der Waals surface area contributed by atoms with Crippen LogP contribution < -0.4 is 20.1 Å². The fraction of sp³-hybridized carbons (Fsp3) is 0.120. The van der Waals surface area contributed by atoms with Crippen LogP contribution in [-0.4, -0.2) is 23.6 Å². The predicted octanol–water partition coefficient (Wildman–Crippen LogP) is 4.78. The zero-order valence-corrected chi connectivity index (χ0v) is 17.7. The fourth-order valence-corrected chi connectivity index (χ4v) is 3.86. The lowest BCUT2D eigenvalue weighted by atomic mass is 10.1. The number of fused-ring (bicyclic) bond motifs is 2. The molecule has 0 radical (unpaired) electrons. The summed E-state index contributed by atoms with van der Waals surface area (Å²) < 4.78 is 24.3. The molecule has 3 N–H and O–H groups in total. The number of benzene rings is 3. The number of ether oxygens (including phenoxy) is 2. The lowest BCUT2D eigenvalue weighted by Gasteiger charge is -2.10. The molecule has 4 aromatic rings. The van der Waals surface area contributed by atoms with Crippen LogP contribution in [0.15, 0.2) is 60.7 Å². The van der Waals surface area contributed by atoms with Gasteiger partial charge in [0.1, 0.15) is 5.82 Å². The van der Waals surface area contributed by atoms with Crippen molar-refractivity contribution in [2.45, 2.75) is 13.3 Å². The molecule has 0 fully saturated rings. The van der Waals surface area contributed by atoms with Gasteiger partial charge in [-0.25, -0.2) is 4.39 Å². The highest BCUT2D eigenvalue weighted by molar-refractivity contribution is 6.05. The smallest absolute Gasteiger partial charge is 0.255 e. The molecule has 5 rings (SSSR count). The molecule has 8 heteroatoms. The van der Waals surface area contributed by atoms with Crippen molar-refractivity contribution >= 4 is 34.1 Å². The number of aromatic nitrogens is 1. The Balaban J connectivity index is 1.28. The fourth-order valence-electron chi connectivity index (χ4n) is 3.86. The van der Waals surface area contributed by atoms with Gasteiger partial charge in [-0.15, -0.1) is 0 Å². The van der Waals surface area contributed by atoms with Crippen molar-refractivity contribution in [1.82, 2.24) is 4.98 Å². The molecule has 0 aliphatic carbocycles. The van der Waals surface area contributed by atoms with E-state index in [1.165, 1.54) is 12.1 Å². The molecule has 1 aromatic heterocycles. The minimum absolute atomic E-state index is 0.0864. The van der Waals surface area contributed by atoms with Crippen LogP contribution in [-0.2, 0) is 11.2 Å². The number of amides is 2. The molecule has 1 aliphatic heterocycles. The highest BCUT2D eigenvalue weighted by Crippen LogP contribution is 2.32. The Labute approximate surface area is 188 Å². The Morgan fingerprint density at radius 1 is 0.970 bits per heavy atom. The summed E-state index contributed by atoms with van der Waals surface area (Å²) in [5.41, 5.74) is 3.83. The van der Waals surface area contributed by atoms with Crippen molar-refractivity contribution in [3.05, 3.63) is 83.3 Å². The van der Waals surface area contributed by atoms with E-state index in [9.17, 15) is 14.0 Å². The van der Waals surface area contributed by atoms with Crippen LogP contribution >= 0.6 is 0 Å². The molecule has 0 saturated carbocycles. The van der Waals surface area contributed by atoms with Crippen LogP contribution in [0.25, 0.3) is 10.9 Å². The molecule has 0 saturated heterocycles. The molecule has 1 aliphatic rings. The first-order chi connectivity index (χ1) is 16.0. The molecule has 0 unspecified atom stereocenters. The normalized spacial score (nSPS) is 12.1. The van der Waals surface area contributed by atoms with Crippen molar-refractivity contribution < 1.29 is 23.5 Å². The maximum atomic E-state index is 13.7. The summed E-state index contributed by atoms with van der Waals surface area (Å²) in [7, 11) is 0. The monoisotopic (exact) mass is 445 g/mol. The molecule has 0 spiro atoms. The molecule has 2 heterocycles. The molecule has 7 nitrogen and oxygen atoms in total. The molecule has 0 atom stereocenters. The van der Waals surface area contributed by atoms with Gasteiger partial charge in [-0.3, -0.25) is 9.59 Å². The average molecular weight is 445 g/mol. The SMILES string of the molecule is Cc1[nH]c2ccc(F)cc2c1CC(=O)Nc1cccc(NC(=O)c2ccc3c(c2)OCO3)c1. The number of rotatable bonds is 5. The summed E-state index contributed by atoms with van der Waals surface area (Å²) >= 11 is 0. The number of hydrogen-bond acceptors (Lipinski definition) is 4. The standard InChI is InChI=1S/C25H20FN3O4/c1-14-19(20-10-16(26)6-7-21(20)27-14)12-24(30)28-17-3-2-4-18(11-17)29-25(31)15-5-8-22-23(9-15)33-13-32-22/h2-11,27H,12-13H2,1H3,(H,28,30)(H,29,31). The minimum Gasteiger partial charge on any atom is -0.454 e. The maximum absolute atomic E-state index is 13.7. The van der Waals surface area contributed by atoms with Crippen LogP contribution in [0.5, 0.6) is 11.5 Å². The summed E-state index contributed by atoms with van der Waals surface area (Å²) in [6, 6.07) is 16.3. The second-order valence-corrected chi connectivity index (χ2v) is 7.75. The summed E-state index contributed by atoms with van der Waals surface area (Å²) in [6.07, 6.45) is 0.0864. The zero-order chi connectivity index (χ0) is 22.9. The predicted molar refractivity (Wildman–Crippen MR) is 122 cm³/mol. The average Bonchev–Trinajstić information content (AvgIpc) is 3.38. The van der Waals surface area contributed by atoms with Gasteiger partial charge in [0.15, 0.2) is 11.5 Å². The molecular formula is C25H20FN3O4. The lowest BCUT2D eigenvalue weighted by Crippen LogP contribution is -2.15. The van der Waals surface area contributed by atoms with E-state index in [0.29, 0.717) is 33.8 Å². The van der Waals surface area contributed by atoms with Crippen molar-refractivity contribution in [2.24, 2.45) is 0 Å². The van der Waals surface area contributed by atoms with Gasteiger partial charge in [-0.1, -0.05) is 6.07 Å². The van der Waals surface area contributed by atoms with Crippen LogP contribution in [0.4, 0.5) is 15.8 Å². The molecular weight excluding hydrogens is 425 g/mol. The molecule has 2 amide bonds. The Kier molecular flexibility index (Phi) is 5.18. The molecule has 3 aromatic carbocycles. The number of anilines is 2. The second-order valence-electron chi connectivity index (χ2n) is 7.75. The number of carbonyl (C=O) groups is 2. The largest absolute Gasteiger partial charge is 0.454 e. The number of H-pyrrole nitrogens is 1. The van der Waals surface area contributed by atoms with Gasteiger partial charge in [0.2, 0.25) is 12.7 Å². The zero-order valence-electron chi connectivity index (χ0n) is 17.7. The Bertz CT molecular complexity index is 1400. The first-order valence-corrected chi connectivity index (χ1v) is 10.3. The Morgan fingerprint density at radius 3 is 2.61 bits per heavy atom. The van der Waals surface area contributed by atoms with Crippen molar-refractivity contribution in [3.8, 4) is 11.5 Å². The third-order valence-electron chi connectivity index (χ3n) is 5.46. The van der Waals surface area contributed by atoms with Crippen LogP contribution in [0, 0.1) is 12.7 Å². The van der Waals surface area contributed by atoms with Crippen LogP contribution in [0.3, 0.4) is 0 Å². The quantitative estimate of drug-likeness (QED) is 0.412. The van der Waals surface area contributed by atoms with Gasteiger partial charge < -0.3 is 25.1 Å². The first kappa shape index (κ1) is 20.6. The van der Waals surface area contributed by atoms with E-state index in [4.69, 9.17) is 9.47 Å². The van der Waals surface area contributed by atoms with Gasteiger partial charge in [0.05, 0.1) is 6.42 Å². The van der Waals surface area contributed by atoms with Crippen LogP contribution in [0.1, 0.15) is 21.6 Å². The van der Waals surface area contributed by atoms with E-state index in [0.717, 1.165) is 16.8 Å². The van der Waals surface area contributed by atoms with Gasteiger partial charge >= 0.3 is 0 Å². The van der Waals surface area contributed by atoms with E-state index in [-0.39, 0.29) is 30.8 Å². The number of halogens is 1. The topological polar surface area (TPSA) is 92.5 Å². The second kappa shape index (κ2) is 8.31. The highest BCUT2D eigenvalue weighted by Gasteiger charge is 2.17.